The van der Waals surface area contributed by atoms with Crippen molar-refractivity contribution < 1.29 is 4.74 Å². The van der Waals surface area contributed by atoms with E-state index >= 15 is 0 Å². The summed E-state index contributed by atoms with van der Waals surface area (Å²) in [5.41, 5.74) is 1.01. The zero-order valence-electron chi connectivity index (χ0n) is 13.5. The molecular formula is C16H22N4OS. The standard InChI is InChI=1S/C16H22N4OS/c1-5-15-18-19-16(22-4)20(15)17-10-13-6-8-14(9-7-13)21-11-12(2)3/h6-10,12H,5,11H2,1-4H3/b17-10-. The normalized spacial score (nSPS) is 11.5. The van der Waals surface area contributed by atoms with E-state index in [2.05, 4.69) is 29.1 Å². The molecule has 0 atom stereocenters. The first-order valence-electron chi connectivity index (χ1n) is 7.39. The van der Waals surface area contributed by atoms with Gasteiger partial charge in [-0.1, -0.05) is 32.5 Å². The van der Waals surface area contributed by atoms with E-state index in [1.165, 1.54) is 11.8 Å². The van der Waals surface area contributed by atoms with E-state index in [1.807, 2.05) is 43.7 Å². The summed E-state index contributed by atoms with van der Waals surface area (Å²) in [6.07, 6.45) is 4.58. The second kappa shape index (κ2) is 7.98. The van der Waals surface area contributed by atoms with E-state index in [0.717, 1.165) is 35.3 Å². The molecule has 0 radical (unpaired) electrons. The second-order valence-corrected chi connectivity index (χ2v) is 6.06. The van der Waals surface area contributed by atoms with Crippen LogP contribution in [-0.4, -0.2) is 34.0 Å². The quantitative estimate of drug-likeness (QED) is 0.579. The first-order chi connectivity index (χ1) is 10.6. The van der Waals surface area contributed by atoms with Gasteiger partial charge in [-0.25, -0.2) is 0 Å². The Labute approximate surface area is 135 Å². The van der Waals surface area contributed by atoms with E-state index in [1.54, 1.807) is 4.68 Å². The van der Waals surface area contributed by atoms with E-state index in [0.29, 0.717) is 5.92 Å². The zero-order chi connectivity index (χ0) is 15.9. The highest BCUT2D eigenvalue weighted by atomic mass is 32.2. The van der Waals surface area contributed by atoms with Gasteiger partial charge in [0, 0.05) is 6.42 Å². The molecule has 0 amide bonds. The molecule has 0 saturated heterocycles. The van der Waals surface area contributed by atoms with Crippen molar-refractivity contribution in [3.8, 4) is 5.75 Å². The molecule has 2 aromatic rings. The molecule has 1 aromatic carbocycles. The minimum Gasteiger partial charge on any atom is -0.493 e. The van der Waals surface area contributed by atoms with E-state index < -0.39 is 0 Å². The number of aromatic nitrogens is 3. The number of hydrogen-bond donors (Lipinski definition) is 0. The summed E-state index contributed by atoms with van der Waals surface area (Å²) in [6, 6.07) is 7.92. The molecule has 22 heavy (non-hydrogen) atoms. The van der Waals surface area contributed by atoms with Crippen LogP contribution < -0.4 is 4.74 Å². The molecule has 0 bridgehead atoms. The molecule has 0 unspecified atom stereocenters. The fourth-order valence-corrected chi connectivity index (χ4v) is 2.24. The van der Waals surface area contributed by atoms with Gasteiger partial charge in [0.1, 0.15) is 5.75 Å². The minimum atomic E-state index is 0.521. The van der Waals surface area contributed by atoms with Crippen LogP contribution in [0.5, 0.6) is 5.75 Å². The third-order valence-electron chi connectivity index (χ3n) is 2.96. The second-order valence-electron chi connectivity index (χ2n) is 5.29. The summed E-state index contributed by atoms with van der Waals surface area (Å²) in [6.45, 7) is 7.04. The Morgan fingerprint density at radius 2 is 2.00 bits per heavy atom. The lowest BCUT2D eigenvalue weighted by Crippen LogP contribution is -2.04. The van der Waals surface area contributed by atoms with Crippen LogP contribution in [0.3, 0.4) is 0 Å². The lowest BCUT2D eigenvalue weighted by Gasteiger charge is -2.08. The highest BCUT2D eigenvalue weighted by Gasteiger charge is 2.07. The van der Waals surface area contributed by atoms with Crippen LogP contribution in [0.4, 0.5) is 0 Å². The largest absolute Gasteiger partial charge is 0.493 e. The van der Waals surface area contributed by atoms with Crippen LogP contribution in [0, 0.1) is 5.92 Å². The van der Waals surface area contributed by atoms with Crippen molar-refractivity contribution >= 4 is 18.0 Å². The molecule has 5 nitrogen and oxygen atoms in total. The predicted octanol–water partition coefficient (Wildman–Crippen LogP) is 3.48. The van der Waals surface area contributed by atoms with Gasteiger partial charge < -0.3 is 4.74 Å². The fourth-order valence-electron chi connectivity index (χ4n) is 1.80. The van der Waals surface area contributed by atoms with Gasteiger partial charge in [-0.2, -0.15) is 9.78 Å². The van der Waals surface area contributed by atoms with Gasteiger partial charge in [0.25, 0.3) is 0 Å². The summed E-state index contributed by atoms with van der Waals surface area (Å²) >= 11 is 1.53. The Kier molecular flexibility index (Phi) is 6.00. The van der Waals surface area contributed by atoms with Gasteiger partial charge in [0.15, 0.2) is 5.82 Å². The molecule has 1 aromatic heterocycles. The third kappa shape index (κ3) is 4.34. The molecular weight excluding hydrogens is 296 g/mol. The van der Waals surface area contributed by atoms with Crippen LogP contribution in [-0.2, 0) is 6.42 Å². The average Bonchev–Trinajstić information content (AvgIpc) is 2.93. The number of benzene rings is 1. The molecule has 0 aliphatic rings. The van der Waals surface area contributed by atoms with Gasteiger partial charge in [-0.3, -0.25) is 0 Å². The maximum atomic E-state index is 5.67. The molecule has 0 fully saturated rings. The molecule has 1 heterocycles. The Bertz CT molecular complexity index is 598. The molecule has 0 aliphatic carbocycles. The number of hydrogen-bond acceptors (Lipinski definition) is 5. The lowest BCUT2D eigenvalue weighted by molar-refractivity contribution is 0.271. The maximum absolute atomic E-state index is 5.67. The Morgan fingerprint density at radius 1 is 1.27 bits per heavy atom. The number of ether oxygens (including phenoxy) is 1. The Morgan fingerprint density at radius 3 is 2.59 bits per heavy atom. The molecule has 0 N–H and O–H groups in total. The van der Waals surface area contributed by atoms with E-state index in [-0.39, 0.29) is 0 Å². The van der Waals surface area contributed by atoms with Crippen LogP contribution in [0.1, 0.15) is 32.2 Å². The van der Waals surface area contributed by atoms with Crippen molar-refractivity contribution in [2.24, 2.45) is 11.0 Å². The van der Waals surface area contributed by atoms with Crippen LogP contribution in [0.2, 0.25) is 0 Å². The average molecular weight is 318 g/mol. The molecule has 118 valence electrons. The van der Waals surface area contributed by atoms with Gasteiger partial charge in [0.05, 0.1) is 12.8 Å². The topological polar surface area (TPSA) is 52.3 Å². The Balaban J connectivity index is 2.08. The number of aryl methyl sites for hydroxylation is 1. The van der Waals surface area contributed by atoms with Gasteiger partial charge in [0.2, 0.25) is 5.16 Å². The van der Waals surface area contributed by atoms with Crippen molar-refractivity contribution in [3.63, 3.8) is 0 Å². The van der Waals surface area contributed by atoms with Crippen LogP contribution in [0.15, 0.2) is 34.5 Å². The number of thioether (sulfide) groups is 1. The van der Waals surface area contributed by atoms with Crippen molar-refractivity contribution in [1.82, 2.24) is 14.9 Å². The van der Waals surface area contributed by atoms with Crippen LogP contribution >= 0.6 is 11.8 Å². The maximum Gasteiger partial charge on any atom is 0.211 e. The van der Waals surface area contributed by atoms with Crippen molar-refractivity contribution in [2.75, 3.05) is 12.9 Å². The SMILES string of the molecule is CCc1nnc(SC)n1/N=C\c1ccc(OCC(C)C)cc1. The summed E-state index contributed by atoms with van der Waals surface area (Å²) in [4.78, 5) is 0. The first kappa shape index (κ1) is 16.5. The fraction of sp³-hybridized carbons (Fsp3) is 0.438. The van der Waals surface area contributed by atoms with Crippen molar-refractivity contribution in [3.05, 3.63) is 35.7 Å². The van der Waals surface area contributed by atoms with E-state index in [9.17, 15) is 0 Å². The lowest BCUT2D eigenvalue weighted by atomic mass is 10.2. The number of rotatable bonds is 7. The smallest absolute Gasteiger partial charge is 0.211 e. The highest BCUT2D eigenvalue weighted by molar-refractivity contribution is 7.98. The summed E-state index contributed by atoms with van der Waals surface area (Å²) in [5.74, 6) is 2.26. The molecule has 0 saturated carbocycles. The van der Waals surface area contributed by atoms with Gasteiger partial charge in [-0.15, -0.1) is 10.2 Å². The van der Waals surface area contributed by atoms with E-state index in [4.69, 9.17) is 4.74 Å². The van der Waals surface area contributed by atoms with Crippen LogP contribution in [0.25, 0.3) is 0 Å². The Hall–Kier alpha value is -1.82. The minimum absolute atomic E-state index is 0.521. The van der Waals surface area contributed by atoms with Gasteiger partial charge in [-0.05, 0) is 42.0 Å². The first-order valence-corrected chi connectivity index (χ1v) is 8.62. The molecule has 0 spiro atoms. The number of nitrogens with zero attached hydrogens (tertiary/aromatic N) is 4. The summed E-state index contributed by atoms with van der Waals surface area (Å²) in [7, 11) is 0. The monoisotopic (exact) mass is 318 g/mol. The molecule has 2 rings (SSSR count). The third-order valence-corrected chi connectivity index (χ3v) is 3.58. The van der Waals surface area contributed by atoms with Crippen molar-refractivity contribution in [1.29, 1.82) is 0 Å². The predicted molar refractivity (Wildman–Crippen MR) is 90.9 cm³/mol. The highest BCUT2D eigenvalue weighted by Crippen LogP contribution is 2.15. The zero-order valence-corrected chi connectivity index (χ0v) is 14.3. The van der Waals surface area contributed by atoms with Crippen molar-refractivity contribution in [2.45, 2.75) is 32.3 Å². The summed E-state index contributed by atoms with van der Waals surface area (Å²) < 4.78 is 7.46. The molecule has 6 heteroatoms. The summed E-state index contributed by atoms with van der Waals surface area (Å²) in [5, 5.41) is 13.5. The van der Waals surface area contributed by atoms with Gasteiger partial charge >= 0.3 is 0 Å². The molecule has 0 aliphatic heterocycles.